The lowest BCUT2D eigenvalue weighted by Crippen LogP contribution is -2.26. The number of carbonyl (C=O) groups excluding carboxylic acids is 1. The van der Waals surface area contributed by atoms with E-state index >= 15 is 0 Å². The normalized spacial score (nSPS) is 10.0. The molecular formula is C11H17N3O. The second-order valence-corrected chi connectivity index (χ2v) is 3.39. The Morgan fingerprint density at radius 1 is 1.47 bits per heavy atom. The molecule has 0 atom stereocenters. The molecule has 4 nitrogen and oxygen atoms in total. The summed E-state index contributed by atoms with van der Waals surface area (Å²) in [5.41, 5.74) is 5.36. The molecule has 0 aliphatic carbocycles. The van der Waals surface area contributed by atoms with E-state index in [1.54, 1.807) is 18.1 Å². The van der Waals surface area contributed by atoms with Gasteiger partial charge in [0.2, 0.25) is 5.91 Å². The van der Waals surface area contributed by atoms with Gasteiger partial charge in [0.15, 0.2) is 0 Å². The lowest BCUT2D eigenvalue weighted by Gasteiger charge is -2.15. The van der Waals surface area contributed by atoms with Crippen LogP contribution in [0.3, 0.4) is 0 Å². The average Bonchev–Trinajstić information content (AvgIpc) is 2.29. The van der Waals surface area contributed by atoms with Gasteiger partial charge < -0.3 is 5.73 Å². The summed E-state index contributed by atoms with van der Waals surface area (Å²) in [6.07, 6.45) is 3.94. The molecule has 0 saturated heterocycles. The van der Waals surface area contributed by atoms with Crippen LogP contribution in [0.2, 0.25) is 0 Å². The molecule has 0 spiro atoms. The zero-order chi connectivity index (χ0) is 11.1. The van der Waals surface area contributed by atoms with Crippen LogP contribution in [0.25, 0.3) is 0 Å². The molecule has 1 amide bonds. The summed E-state index contributed by atoms with van der Waals surface area (Å²) < 4.78 is 0. The Morgan fingerprint density at radius 2 is 2.27 bits per heavy atom. The zero-order valence-electron chi connectivity index (χ0n) is 9.02. The molecule has 1 aromatic rings. The average molecular weight is 207 g/mol. The molecule has 1 heterocycles. The molecule has 0 fully saturated rings. The van der Waals surface area contributed by atoms with Crippen LogP contribution in [0.5, 0.6) is 0 Å². The number of rotatable bonds is 5. The van der Waals surface area contributed by atoms with E-state index in [0.29, 0.717) is 18.8 Å². The molecule has 1 rings (SSSR count). The highest BCUT2D eigenvalue weighted by Crippen LogP contribution is 2.09. The maximum absolute atomic E-state index is 11.7. The molecule has 15 heavy (non-hydrogen) atoms. The van der Waals surface area contributed by atoms with Crippen LogP contribution in [0.15, 0.2) is 24.4 Å². The molecule has 2 N–H and O–H groups in total. The fourth-order valence-electron chi connectivity index (χ4n) is 1.27. The first-order valence-corrected chi connectivity index (χ1v) is 5.13. The number of hydrogen-bond donors (Lipinski definition) is 1. The molecule has 0 aromatic carbocycles. The van der Waals surface area contributed by atoms with Gasteiger partial charge in [-0.15, -0.1) is 0 Å². The molecule has 0 aliphatic heterocycles. The van der Waals surface area contributed by atoms with Gasteiger partial charge in [-0.25, -0.2) is 4.98 Å². The second kappa shape index (κ2) is 6.14. The number of hydrogen-bond acceptors (Lipinski definition) is 3. The maximum atomic E-state index is 11.7. The van der Waals surface area contributed by atoms with E-state index in [4.69, 9.17) is 5.73 Å². The summed E-state index contributed by atoms with van der Waals surface area (Å²) in [7, 11) is 1.74. The van der Waals surface area contributed by atoms with Crippen LogP contribution >= 0.6 is 0 Å². The quantitative estimate of drug-likeness (QED) is 0.737. The molecule has 82 valence electrons. The van der Waals surface area contributed by atoms with Crippen molar-refractivity contribution >= 4 is 11.7 Å². The van der Waals surface area contributed by atoms with E-state index < -0.39 is 0 Å². The molecule has 0 aliphatic rings. The second-order valence-electron chi connectivity index (χ2n) is 3.39. The van der Waals surface area contributed by atoms with Crippen molar-refractivity contribution in [2.45, 2.75) is 19.3 Å². The highest BCUT2D eigenvalue weighted by molar-refractivity contribution is 5.91. The molecule has 0 radical (unpaired) electrons. The number of nitrogens with zero attached hydrogens (tertiary/aromatic N) is 2. The van der Waals surface area contributed by atoms with E-state index in [2.05, 4.69) is 4.98 Å². The Bertz CT molecular complexity index is 300. The highest BCUT2D eigenvalue weighted by Gasteiger charge is 2.10. The summed E-state index contributed by atoms with van der Waals surface area (Å²) in [5, 5.41) is 0. The minimum absolute atomic E-state index is 0.0853. The maximum Gasteiger partial charge on any atom is 0.227 e. The fraction of sp³-hybridized carbons (Fsp3) is 0.455. The molecule has 0 bridgehead atoms. The topological polar surface area (TPSA) is 59.2 Å². The van der Waals surface area contributed by atoms with Gasteiger partial charge in [0.25, 0.3) is 0 Å². The fourth-order valence-corrected chi connectivity index (χ4v) is 1.27. The van der Waals surface area contributed by atoms with Crippen molar-refractivity contribution in [1.29, 1.82) is 0 Å². The van der Waals surface area contributed by atoms with Gasteiger partial charge in [-0.2, -0.15) is 0 Å². The van der Waals surface area contributed by atoms with Gasteiger partial charge in [0, 0.05) is 19.7 Å². The van der Waals surface area contributed by atoms with Gasteiger partial charge in [0.1, 0.15) is 5.82 Å². The number of amides is 1. The van der Waals surface area contributed by atoms with Crippen molar-refractivity contribution in [2.24, 2.45) is 5.73 Å². The Morgan fingerprint density at radius 3 is 2.87 bits per heavy atom. The van der Waals surface area contributed by atoms with Gasteiger partial charge in [0.05, 0.1) is 0 Å². The third kappa shape index (κ3) is 3.67. The first-order valence-electron chi connectivity index (χ1n) is 5.13. The van der Waals surface area contributed by atoms with Crippen molar-refractivity contribution in [3.05, 3.63) is 24.4 Å². The standard InChI is InChI=1S/C11H17N3O/c1-14(10-6-3-5-9-13-10)11(15)7-2-4-8-12/h3,5-6,9H,2,4,7-8,12H2,1H3. The van der Waals surface area contributed by atoms with E-state index in [9.17, 15) is 4.79 Å². The van der Waals surface area contributed by atoms with Crippen LogP contribution < -0.4 is 10.6 Å². The third-order valence-electron chi connectivity index (χ3n) is 2.21. The molecule has 1 aromatic heterocycles. The van der Waals surface area contributed by atoms with Crippen LogP contribution in [-0.4, -0.2) is 24.5 Å². The van der Waals surface area contributed by atoms with Gasteiger partial charge in [-0.1, -0.05) is 6.07 Å². The highest BCUT2D eigenvalue weighted by atomic mass is 16.2. The van der Waals surface area contributed by atoms with Crippen LogP contribution in [0, 0.1) is 0 Å². The van der Waals surface area contributed by atoms with Gasteiger partial charge in [-0.3, -0.25) is 9.69 Å². The molecule has 4 heteroatoms. The minimum atomic E-state index is 0.0853. The van der Waals surface area contributed by atoms with Crippen molar-refractivity contribution in [3.8, 4) is 0 Å². The Labute approximate surface area is 90.1 Å². The number of anilines is 1. The number of pyridine rings is 1. The summed E-state index contributed by atoms with van der Waals surface area (Å²) in [6.45, 7) is 0.639. The Hall–Kier alpha value is -1.42. The summed E-state index contributed by atoms with van der Waals surface area (Å²) in [5.74, 6) is 0.775. The SMILES string of the molecule is CN(C(=O)CCCCN)c1ccccn1. The molecular weight excluding hydrogens is 190 g/mol. The van der Waals surface area contributed by atoms with Crippen molar-refractivity contribution in [2.75, 3.05) is 18.5 Å². The molecule has 0 unspecified atom stereocenters. The van der Waals surface area contributed by atoms with Crippen LogP contribution in [-0.2, 0) is 4.79 Å². The monoisotopic (exact) mass is 207 g/mol. The minimum Gasteiger partial charge on any atom is -0.330 e. The number of nitrogens with two attached hydrogens (primary N) is 1. The summed E-state index contributed by atoms with van der Waals surface area (Å²) in [4.78, 5) is 17.4. The van der Waals surface area contributed by atoms with E-state index in [1.165, 1.54) is 0 Å². The molecule has 0 saturated carbocycles. The summed E-state index contributed by atoms with van der Waals surface area (Å²) >= 11 is 0. The lowest BCUT2D eigenvalue weighted by atomic mass is 10.2. The zero-order valence-corrected chi connectivity index (χ0v) is 9.02. The predicted molar refractivity (Wildman–Crippen MR) is 60.6 cm³/mol. The van der Waals surface area contributed by atoms with E-state index in [-0.39, 0.29) is 5.91 Å². The predicted octanol–water partition coefficient (Wildman–Crippen LogP) is 1.17. The number of carbonyl (C=O) groups is 1. The van der Waals surface area contributed by atoms with Crippen molar-refractivity contribution in [3.63, 3.8) is 0 Å². The number of aromatic nitrogens is 1. The van der Waals surface area contributed by atoms with E-state index in [1.807, 2.05) is 18.2 Å². The van der Waals surface area contributed by atoms with Crippen LogP contribution in [0.1, 0.15) is 19.3 Å². The smallest absolute Gasteiger partial charge is 0.227 e. The Kier molecular flexibility index (Phi) is 4.77. The van der Waals surface area contributed by atoms with Crippen LogP contribution in [0.4, 0.5) is 5.82 Å². The Balaban J connectivity index is 2.46. The third-order valence-corrected chi connectivity index (χ3v) is 2.21. The lowest BCUT2D eigenvalue weighted by molar-refractivity contribution is -0.118. The van der Waals surface area contributed by atoms with Crippen molar-refractivity contribution < 1.29 is 4.79 Å². The largest absolute Gasteiger partial charge is 0.330 e. The van der Waals surface area contributed by atoms with E-state index in [0.717, 1.165) is 12.8 Å². The first-order chi connectivity index (χ1) is 7.25. The first kappa shape index (κ1) is 11.7. The number of unbranched alkanes of at least 4 members (excludes halogenated alkanes) is 1. The van der Waals surface area contributed by atoms with Gasteiger partial charge in [-0.05, 0) is 31.5 Å². The van der Waals surface area contributed by atoms with Gasteiger partial charge >= 0.3 is 0 Å². The van der Waals surface area contributed by atoms with Crippen molar-refractivity contribution in [1.82, 2.24) is 4.98 Å². The summed E-state index contributed by atoms with van der Waals surface area (Å²) in [6, 6.07) is 5.52.